The minimum absolute atomic E-state index is 0.164. The predicted molar refractivity (Wildman–Crippen MR) is 64.1 cm³/mol. The summed E-state index contributed by atoms with van der Waals surface area (Å²) < 4.78 is 4.96. The van der Waals surface area contributed by atoms with Gasteiger partial charge < -0.3 is 15.6 Å². The quantitative estimate of drug-likeness (QED) is 0.599. The summed E-state index contributed by atoms with van der Waals surface area (Å²) in [5, 5.41) is 8.75. The number of esters is 1. The first-order valence-electron chi connectivity index (χ1n) is 5.31. The van der Waals surface area contributed by atoms with Crippen LogP contribution in [-0.4, -0.2) is 23.7 Å². The molecule has 0 radical (unpaired) electrons. The molecule has 3 N–H and O–H groups in total. The Morgan fingerprint density at radius 3 is 2.76 bits per heavy atom. The van der Waals surface area contributed by atoms with Gasteiger partial charge in [-0.05, 0) is 18.6 Å². The van der Waals surface area contributed by atoms with Crippen LogP contribution in [0.4, 0.5) is 0 Å². The number of carbonyl (C=O) groups is 2. The maximum absolute atomic E-state index is 11.5. The maximum atomic E-state index is 11.5. The fourth-order valence-corrected chi connectivity index (χ4v) is 1.99. The minimum Gasteiger partial charge on any atom is -0.477 e. The van der Waals surface area contributed by atoms with Crippen LogP contribution in [0.3, 0.4) is 0 Å². The predicted octanol–water partition coefficient (Wildman–Crippen LogP) is 1.79. The van der Waals surface area contributed by atoms with Crippen LogP contribution in [0.1, 0.15) is 40.4 Å². The third-order valence-corrected chi connectivity index (χ3v) is 3.30. The highest BCUT2D eigenvalue weighted by atomic mass is 32.1. The highest BCUT2D eigenvalue weighted by Gasteiger charge is 2.20. The van der Waals surface area contributed by atoms with Crippen molar-refractivity contribution in [3.63, 3.8) is 0 Å². The number of carbonyl (C=O) groups excluding carboxylic acids is 1. The molecule has 1 rings (SSSR count). The first kappa shape index (κ1) is 13.7. The van der Waals surface area contributed by atoms with Crippen LogP contribution in [0.15, 0.2) is 12.1 Å². The molecular weight excluding hydrogens is 242 g/mol. The molecule has 1 unspecified atom stereocenters. The monoisotopic (exact) mass is 257 g/mol. The zero-order valence-electron chi connectivity index (χ0n) is 9.51. The van der Waals surface area contributed by atoms with Crippen LogP contribution in [0.2, 0.25) is 0 Å². The number of carboxylic acid groups (broad SMARTS) is 1. The Morgan fingerprint density at radius 1 is 1.53 bits per heavy atom. The number of thiophene rings is 1. The third kappa shape index (κ3) is 3.83. The smallest absolute Gasteiger partial charge is 0.345 e. The Balaban J connectivity index is 2.58. The van der Waals surface area contributed by atoms with Crippen molar-refractivity contribution in [3.05, 3.63) is 21.9 Å². The van der Waals surface area contributed by atoms with E-state index in [2.05, 4.69) is 0 Å². The van der Waals surface area contributed by atoms with Crippen LogP contribution in [0.25, 0.3) is 0 Å². The van der Waals surface area contributed by atoms with Gasteiger partial charge in [-0.15, -0.1) is 11.3 Å². The fraction of sp³-hybridized carbons (Fsp3) is 0.455. The van der Waals surface area contributed by atoms with Crippen molar-refractivity contribution in [1.82, 2.24) is 0 Å². The van der Waals surface area contributed by atoms with Crippen LogP contribution in [-0.2, 0) is 9.53 Å². The maximum Gasteiger partial charge on any atom is 0.345 e. The first-order chi connectivity index (χ1) is 8.06. The molecule has 0 aliphatic heterocycles. The zero-order chi connectivity index (χ0) is 12.8. The molecule has 6 heteroatoms. The molecule has 0 bridgehead atoms. The molecule has 0 amide bonds. The number of rotatable bonds is 6. The largest absolute Gasteiger partial charge is 0.477 e. The van der Waals surface area contributed by atoms with Crippen molar-refractivity contribution in [1.29, 1.82) is 0 Å². The van der Waals surface area contributed by atoms with E-state index < -0.39 is 18.0 Å². The topological polar surface area (TPSA) is 89.6 Å². The Bertz CT molecular complexity index is 402. The number of unbranched alkanes of at least 4 members (excludes halogenated alkanes) is 1. The van der Waals surface area contributed by atoms with Crippen molar-refractivity contribution >= 4 is 23.3 Å². The minimum atomic E-state index is -1.02. The number of nitrogens with two attached hydrogens (primary N) is 1. The highest BCUT2D eigenvalue weighted by Crippen LogP contribution is 2.22. The lowest BCUT2D eigenvalue weighted by Crippen LogP contribution is -2.23. The van der Waals surface area contributed by atoms with Crippen LogP contribution in [0.5, 0.6) is 0 Å². The van der Waals surface area contributed by atoms with E-state index >= 15 is 0 Å². The van der Waals surface area contributed by atoms with E-state index in [0.29, 0.717) is 11.5 Å². The second kappa shape index (κ2) is 6.36. The molecule has 1 aromatic heterocycles. The number of hydrogen-bond donors (Lipinski definition) is 2. The van der Waals surface area contributed by atoms with E-state index in [4.69, 9.17) is 15.6 Å². The Morgan fingerprint density at radius 2 is 2.24 bits per heavy atom. The number of ether oxygens (including phenoxy) is 1. The molecule has 0 aliphatic carbocycles. The van der Waals surface area contributed by atoms with E-state index in [1.165, 1.54) is 6.07 Å². The van der Waals surface area contributed by atoms with Gasteiger partial charge >= 0.3 is 11.9 Å². The van der Waals surface area contributed by atoms with E-state index in [-0.39, 0.29) is 4.88 Å². The standard InChI is InChI=1S/C11H15NO4S/c1-2-3-6-16-11(15)9(12)7-4-5-8(17-7)10(13)14/h4-5,9H,2-3,6,12H2,1H3,(H,13,14). The van der Waals surface area contributed by atoms with Gasteiger partial charge in [-0.3, -0.25) is 0 Å². The molecular formula is C11H15NO4S. The number of carboxylic acids is 1. The van der Waals surface area contributed by atoms with Crippen molar-refractivity contribution < 1.29 is 19.4 Å². The summed E-state index contributed by atoms with van der Waals surface area (Å²) in [4.78, 5) is 22.8. The van der Waals surface area contributed by atoms with Crippen LogP contribution in [0, 0.1) is 0 Å². The average molecular weight is 257 g/mol. The molecule has 1 aromatic rings. The first-order valence-corrected chi connectivity index (χ1v) is 6.13. The molecule has 0 aliphatic rings. The summed E-state index contributed by atoms with van der Waals surface area (Å²) in [5.41, 5.74) is 5.68. The molecule has 0 aromatic carbocycles. The van der Waals surface area contributed by atoms with Gasteiger partial charge in [-0.1, -0.05) is 13.3 Å². The number of hydrogen-bond acceptors (Lipinski definition) is 5. The SMILES string of the molecule is CCCCOC(=O)C(N)c1ccc(C(=O)O)s1. The van der Waals surface area contributed by atoms with Crippen molar-refractivity contribution in [2.45, 2.75) is 25.8 Å². The van der Waals surface area contributed by atoms with Gasteiger partial charge in [0.05, 0.1) is 6.61 Å². The Labute approximate surface area is 103 Å². The molecule has 17 heavy (non-hydrogen) atoms. The van der Waals surface area contributed by atoms with Gasteiger partial charge in [0.15, 0.2) is 0 Å². The van der Waals surface area contributed by atoms with Crippen LogP contribution < -0.4 is 5.73 Å². The molecule has 1 atom stereocenters. The van der Waals surface area contributed by atoms with E-state index in [0.717, 1.165) is 24.2 Å². The van der Waals surface area contributed by atoms with Gasteiger partial charge in [0.1, 0.15) is 10.9 Å². The number of aromatic carboxylic acids is 1. The molecule has 0 fully saturated rings. The van der Waals surface area contributed by atoms with E-state index in [9.17, 15) is 9.59 Å². The molecule has 5 nitrogen and oxygen atoms in total. The van der Waals surface area contributed by atoms with Gasteiger partial charge in [0, 0.05) is 4.88 Å². The normalized spacial score (nSPS) is 12.1. The summed E-state index contributed by atoms with van der Waals surface area (Å²) >= 11 is 0.991. The molecule has 94 valence electrons. The second-order valence-electron chi connectivity index (χ2n) is 3.51. The molecule has 0 saturated heterocycles. The van der Waals surface area contributed by atoms with Gasteiger partial charge in [-0.2, -0.15) is 0 Å². The third-order valence-electron chi connectivity index (χ3n) is 2.14. The summed E-state index contributed by atoms with van der Waals surface area (Å²) in [7, 11) is 0. The van der Waals surface area contributed by atoms with Crippen molar-refractivity contribution in [3.8, 4) is 0 Å². The molecule has 0 saturated carbocycles. The van der Waals surface area contributed by atoms with Crippen molar-refractivity contribution in [2.75, 3.05) is 6.61 Å². The lowest BCUT2D eigenvalue weighted by molar-refractivity contribution is -0.145. The molecule has 0 spiro atoms. The van der Waals surface area contributed by atoms with Crippen molar-refractivity contribution in [2.24, 2.45) is 5.73 Å². The summed E-state index contributed by atoms with van der Waals surface area (Å²) in [6.45, 7) is 2.34. The van der Waals surface area contributed by atoms with E-state index in [1.807, 2.05) is 6.92 Å². The highest BCUT2D eigenvalue weighted by molar-refractivity contribution is 7.14. The van der Waals surface area contributed by atoms with E-state index in [1.54, 1.807) is 6.07 Å². The fourth-order valence-electron chi connectivity index (χ4n) is 1.16. The van der Waals surface area contributed by atoms with Gasteiger partial charge in [0.25, 0.3) is 0 Å². The summed E-state index contributed by atoms with van der Waals surface area (Å²) in [5.74, 6) is -1.54. The summed E-state index contributed by atoms with van der Waals surface area (Å²) in [6.07, 6.45) is 1.73. The zero-order valence-corrected chi connectivity index (χ0v) is 10.3. The Hall–Kier alpha value is -1.40. The van der Waals surface area contributed by atoms with Gasteiger partial charge in [0.2, 0.25) is 0 Å². The second-order valence-corrected chi connectivity index (χ2v) is 4.62. The lowest BCUT2D eigenvalue weighted by Gasteiger charge is -2.09. The Kier molecular flexibility index (Phi) is 5.11. The van der Waals surface area contributed by atoms with Crippen LogP contribution >= 0.6 is 11.3 Å². The summed E-state index contributed by atoms with van der Waals surface area (Å²) in [6, 6.07) is 2.08. The lowest BCUT2D eigenvalue weighted by atomic mass is 10.2. The van der Waals surface area contributed by atoms with Gasteiger partial charge in [-0.25, -0.2) is 9.59 Å². The molecule has 1 heterocycles. The average Bonchev–Trinajstić information content (AvgIpc) is 2.77.